The molecule has 0 radical (unpaired) electrons. The first-order chi connectivity index (χ1) is 8.12. The maximum atomic E-state index is 12.1. The molecule has 1 aromatic heterocycles. The Labute approximate surface area is 105 Å². The molecule has 0 aromatic carbocycles. The van der Waals surface area contributed by atoms with Gasteiger partial charge in [0.05, 0.1) is 17.8 Å². The fraction of sp³-hybridized carbons (Fsp3) is 0.727. The second-order valence-electron chi connectivity index (χ2n) is 4.00. The van der Waals surface area contributed by atoms with E-state index in [1.54, 1.807) is 0 Å². The quantitative estimate of drug-likeness (QED) is 0.807. The number of carbonyl (C=O) groups excluding carboxylic acids is 1. The summed E-state index contributed by atoms with van der Waals surface area (Å²) in [7, 11) is 0. The van der Waals surface area contributed by atoms with E-state index in [9.17, 15) is 9.90 Å². The number of nitrogens with one attached hydrogen (secondary N) is 1. The number of hydrogen-bond acceptors (Lipinski definition) is 5. The SMILES string of the molecule is CCc1nnsc1C(=O)NC(CC)(CC)CO. The van der Waals surface area contributed by atoms with Crippen LogP contribution < -0.4 is 5.32 Å². The van der Waals surface area contributed by atoms with Gasteiger partial charge < -0.3 is 10.4 Å². The van der Waals surface area contributed by atoms with Crippen LogP contribution in [0.25, 0.3) is 0 Å². The predicted molar refractivity (Wildman–Crippen MR) is 67.2 cm³/mol. The van der Waals surface area contributed by atoms with Gasteiger partial charge in [-0.05, 0) is 30.8 Å². The van der Waals surface area contributed by atoms with Gasteiger partial charge in [-0.25, -0.2) is 0 Å². The Morgan fingerprint density at radius 1 is 1.41 bits per heavy atom. The Kier molecular flexibility index (Phi) is 5.02. The lowest BCUT2D eigenvalue weighted by Gasteiger charge is -2.30. The van der Waals surface area contributed by atoms with Crippen molar-refractivity contribution in [2.75, 3.05) is 6.61 Å². The van der Waals surface area contributed by atoms with Gasteiger partial charge in [-0.15, -0.1) is 5.10 Å². The normalized spacial score (nSPS) is 11.5. The molecule has 0 spiro atoms. The van der Waals surface area contributed by atoms with E-state index < -0.39 is 5.54 Å². The molecule has 0 fully saturated rings. The molecule has 0 unspecified atom stereocenters. The molecular formula is C11H19N3O2S. The number of carbonyl (C=O) groups is 1. The van der Waals surface area contributed by atoms with Crippen molar-refractivity contribution in [3.05, 3.63) is 10.6 Å². The number of aromatic nitrogens is 2. The van der Waals surface area contributed by atoms with Crippen LogP contribution in [0.5, 0.6) is 0 Å². The van der Waals surface area contributed by atoms with Gasteiger partial charge >= 0.3 is 0 Å². The zero-order valence-electron chi connectivity index (χ0n) is 10.5. The fourth-order valence-corrected chi connectivity index (χ4v) is 2.25. The van der Waals surface area contributed by atoms with Gasteiger partial charge in [-0.2, -0.15) is 0 Å². The van der Waals surface area contributed by atoms with Crippen LogP contribution in [0.4, 0.5) is 0 Å². The molecule has 1 rings (SSSR count). The van der Waals surface area contributed by atoms with Crippen molar-refractivity contribution >= 4 is 17.4 Å². The minimum absolute atomic E-state index is 0.0561. The number of rotatable bonds is 6. The Morgan fingerprint density at radius 2 is 2.06 bits per heavy atom. The molecule has 96 valence electrons. The number of hydrogen-bond donors (Lipinski definition) is 2. The molecule has 17 heavy (non-hydrogen) atoms. The molecular weight excluding hydrogens is 238 g/mol. The highest BCUT2D eigenvalue weighted by Gasteiger charge is 2.29. The fourth-order valence-electron chi connectivity index (χ4n) is 1.60. The van der Waals surface area contributed by atoms with Gasteiger partial charge in [0.15, 0.2) is 0 Å². The highest BCUT2D eigenvalue weighted by atomic mass is 32.1. The van der Waals surface area contributed by atoms with E-state index in [0.717, 1.165) is 11.5 Å². The molecule has 0 aliphatic carbocycles. The van der Waals surface area contributed by atoms with E-state index in [-0.39, 0.29) is 12.5 Å². The van der Waals surface area contributed by atoms with E-state index >= 15 is 0 Å². The van der Waals surface area contributed by atoms with E-state index in [2.05, 4.69) is 14.9 Å². The number of amides is 1. The standard InChI is InChI=1S/C11H19N3O2S/c1-4-8-9(17-14-13-8)10(16)12-11(5-2,6-3)7-15/h15H,4-7H2,1-3H3,(H,12,16). The lowest BCUT2D eigenvalue weighted by atomic mass is 9.94. The smallest absolute Gasteiger partial charge is 0.265 e. The van der Waals surface area contributed by atoms with Gasteiger partial charge in [0.2, 0.25) is 0 Å². The minimum atomic E-state index is -0.536. The topological polar surface area (TPSA) is 75.1 Å². The lowest BCUT2D eigenvalue weighted by molar-refractivity contribution is 0.0821. The predicted octanol–water partition coefficient (Wildman–Crippen LogP) is 1.38. The van der Waals surface area contributed by atoms with Gasteiger partial charge in [-0.3, -0.25) is 4.79 Å². The zero-order valence-corrected chi connectivity index (χ0v) is 11.3. The summed E-state index contributed by atoms with van der Waals surface area (Å²) in [4.78, 5) is 12.6. The van der Waals surface area contributed by atoms with E-state index in [1.165, 1.54) is 0 Å². The van der Waals surface area contributed by atoms with Crippen molar-refractivity contribution in [1.82, 2.24) is 14.9 Å². The van der Waals surface area contributed by atoms with Crippen molar-refractivity contribution in [3.8, 4) is 0 Å². The monoisotopic (exact) mass is 257 g/mol. The molecule has 6 heteroatoms. The number of aliphatic hydroxyl groups is 1. The van der Waals surface area contributed by atoms with Gasteiger partial charge in [-0.1, -0.05) is 25.3 Å². The van der Waals surface area contributed by atoms with Crippen LogP contribution in [0.2, 0.25) is 0 Å². The van der Waals surface area contributed by atoms with Crippen molar-refractivity contribution in [3.63, 3.8) is 0 Å². The van der Waals surface area contributed by atoms with E-state index in [4.69, 9.17) is 0 Å². The maximum absolute atomic E-state index is 12.1. The second kappa shape index (κ2) is 6.07. The first-order valence-electron chi connectivity index (χ1n) is 5.87. The Morgan fingerprint density at radius 3 is 2.53 bits per heavy atom. The lowest BCUT2D eigenvalue weighted by Crippen LogP contribution is -2.50. The third kappa shape index (κ3) is 3.01. The molecule has 2 N–H and O–H groups in total. The number of aliphatic hydroxyl groups excluding tert-OH is 1. The molecule has 0 aliphatic rings. The summed E-state index contributed by atoms with van der Waals surface area (Å²) >= 11 is 1.10. The Balaban J connectivity index is 2.84. The summed E-state index contributed by atoms with van der Waals surface area (Å²) in [5.41, 5.74) is 0.179. The molecule has 1 amide bonds. The molecule has 0 bridgehead atoms. The number of aryl methyl sites for hydroxylation is 1. The average Bonchev–Trinajstić information content (AvgIpc) is 2.84. The van der Waals surface area contributed by atoms with Crippen LogP contribution in [0.15, 0.2) is 0 Å². The Bertz CT molecular complexity index is 366. The highest BCUT2D eigenvalue weighted by Crippen LogP contribution is 2.17. The largest absolute Gasteiger partial charge is 0.394 e. The van der Waals surface area contributed by atoms with Gasteiger partial charge in [0.25, 0.3) is 5.91 Å². The van der Waals surface area contributed by atoms with Crippen molar-refractivity contribution in [1.29, 1.82) is 0 Å². The second-order valence-corrected chi connectivity index (χ2v) is 4.76. The third-order valence-electron chi connectivity index (χ3n) is 3.13. The molecule has 0 saturated carbocycles. The van der Waals surface area contributed by atoms with Crippen molar-refractivity contribution in [2.24, 2.45) is 0 Å². The molecule has 0 saturated heterocycles. The van der Waals surface area contributed by atoms with Crippen LogP contribution in [0.1, 0.15) is 49.0 Å². The Hall–Kier alpha value is -1.01. The minimum Gasteiger partial charge on any atom is -0.394 e. The third-order valence-corrected chi connectivity index (χ3v) is 3.90. The average molecular weight is 257 g/mol. The molecule has 1 aromatic rings. The summed E-state index contributed by atoms with van der Waals surface area (Å²) in [5.74, 6) is -0.186. The summed E-state index contributed by atoms with van der Waals surface area (Å²) in [6.07, 6.45) is 2.07. The first kappa shape index (κ1) is 14.1. The summed E-state index contributed by atoms with van der Waals surface area (Å²) in [6.45, 7) is 5.78. The zero-order chi connectivity index (χ0) is 12.9. The van der Waals surface area contributed by atoms with E-state index in [1.807, 2.05) is 20.8 Å². The number of nitrogens with zero attached hydrogens (tertiary/aromatic N) is 2. The van der Waals surface area contributed by atoms with Gasteiger partial charge in [0.1, 0.15) is 4.88 Å². The van der Waals surface area contributed by atoms with Crippen LogP contribution >= 0.6 is 11.5 Å². The van der Waals surface area contributed by atoms with Crippen molar-refractivity contribution < 1.29 is 9.90 Å². The summed E-state index contributed by atoms with van der Waals surface area (Å²) in [6, 6.07) is 0. The van der Waals surface area contributed by atoms with Crippen LogP contribution in [-0.2, 0) is 6.42 Å². The van der Waals surface area contributed by atoms with Crippen LogP contribution in [-0.4, -0.2) is 32.7 Å². The molecule has 0 atom stereocenters. The maximum Gasteiger partial charge on any atom is 0.265 e. The van der Waals surface area contributed by atoms with Gasteiger partial charge in [0, 0.05) is 0 Å². The summed E-state index contributed by atoms with van der Waals surface area (Å²) in [5, 5.41) is 16.2. The van der Waals surface area contributed by atoms with Crippen molar-refractivity contribution in [2.45, 2.75) is 45.6 Å². The highest BCUT2D eigenvalue weighted by molar-refractivity contribution is 7.08. The molecule has 5 nitrogen and oxygen atoms in total. The first-order valence-corrected chi connectivity index (χ1v) is 6.64. The van der Waals surface area contributed by atoms with E-state index in [0.29, 0.717) is 29.8 Å². The molecule has 1 heterocycles. The van der Waals surface area contributed by atoms with Crippen LogP contribution in [0, 0.1) is 0 Å². The molecule has 0 aliphatic heterocycles. The summed E-state index contributed by atoms with van der Waals surface area (Å²) < 4.78 is 3.79. The van der Waals surface area contributed by atoms with Crippen LogP contribution in [0.3, 0.4) is 0 Å².